The van der Waals surface area contributed by atoms with Gasteiger partial charge < -0.3 is 25.4 Å². The third-order valence-corrected chi connectivity index (χ3v) is 4.75. The Labute approximate surface area is 171 Å². The van der Waals surface area contributed by atoms with Crippen LogP contribution in [-0.2, 0) is 11.3 Å². The van der Waals surface area contributed by atoms with Gasteiger partial charge in [0.1, 0.15) is 17.3 Å². The molecule has 0 spiro atoms. The minimum Gasteiger partial charge on any atom is -0.494 e. The van der Waals surface area contributed by atoms with Gasteiger partial charge in [-0.2, -0.15) is 0 Å². The molecule has 0 saturated heterocycles. The largest absolute Gasteiger partial charge is 0.494 e. The number of ether oxygens (including phenoxy) is 2. The van der Waals surface area contributed by atoms with Crippen molar-refractivity contribution in [2.45, 2.75) is 19.4 Å². The Bertz CT molecular complexity index is 693. The van der Waals surface area contributed by atoms with Gasteiger partial charge in [-0.1, -0.05) is 18.2 Å². The number of nitrogens with zero attached hydrogens (tertiary/aromatic N) is 1. The van der Waals surface area contributed by atoms with Gasteiger partial charge >= 0.3 is 0 Å². The number of rotatable bonds is 12. The highest BCUT2D eigenvalue weighted by molar-refractivity contribution is 5.87. The second-order valence-corrected chi connectivity index (χ2v) is 6.98. The zero-order valence-electron chi connectivity index (χ0n) is 16.7. The molecule has 2 aliphatic rings. The summed E-state index contributed by atoms with van der Waals surface area (Å²) >= 11 is 0. The molecule has 156 valence electrons. The van der Waals surface area contributed by atoms with Crippen molar-refractivity contribution in [2.75, 3.05) is 46.4 Å². The molecule has 1 heterocycles. The molecule has 0 radical (unpaired) electrons. The zero-order chi connectivity index (χ0) is 19.4. The number of likely N-dealkylation sites (N-methyl/N-ethyl adjacent to an activating group) is 1. The first-order chi connectivity index (χ1) is 13.8. The summed E-state index contributed by atoms with van der Waals surface area (Å²) in [7, 11) is 1.96. The average molecular weight is 389 g/mol. The van der Waals surface area contributed by atoms with E-state index in [1.807, 2.05) is 19.2 Å². The fraction of sp³-hybridized carbons (Fsp3) is 0.500. The lowest BCUT2D eigenvalue weighted by Gasteiger charge is -2.17. The highest BCUT2D eigenvalue weighted by Gasteiger charge is 2.17. The third-order valence-electron chi connectivity index (χ3n) is 4.75. The molecule has 0 saturated carbocycles. The predicted molar refractivity (Wildman–Crippen MR) is 118 cm³/mol. The number of allylic oxidation sites excluding steroid dienone is 2. The minimum atomic E-state index is 0. The van der Waals surface area contributed by atoms with Gasteiger partial charge in [-0.15, -0.1) is 0 Å². The lowest BCUT2D eigenvalue weighted by molar-refractivity contribution is 0.190. The van der Waals surface area contributed by atoms with Gasteiger partial charge in [-0.05, 0) is 43.3 Å². The first-order valence-corrected chi connectivity index (χ1v) is 10.2. The number of aliphatic imine (C=N–C) groups is 1. The Hall–Kier alpha value is -2.31. The summed E-state index contributed by atoms with van der Waals surface area (Å²) in [6, 6.07) is 8.27. The molecule has 0 fully saturated rings. The molecule has 28 heavy (non-hydrogen) atoms. The van der Waals surface area contributed by atoms with E-state index in [1.165, 1.54) is 5.56 Å². The van der Waals surface area contributed by atoms with E-state index in [4.69, 9.17) is 9.47 Å². The minimum absolute atomic E-state index is 0. The molecule has 0 aromatic heterocycles. The normalized spacial score (nSPS) is 18.4. The summed E-state index contributed by atoms with van der Waals surface area (Å²) in [5.74, 6) is 3.34. The van der Waals surface area contributed by atoms with Crippen molar-refractivity contribution >= 4 is 5.84 Å². The summed E-state index contributed by atoms with van der Waals surface area (Å²) in [4.78, 5) is 4.49. The van der Waals surface area contributed by atoms with Crippen molar-refractivity contribution in [3.63, 3.8) is 0 Å². The molecule has 1 unspecified atom stereocenters. The molecule has 1 aliphatic carbocycles. The highest BCUT2D eigenvalue weighted by atomic mass is 16.5. The van der Waals surface area contributed by atoms with Gasteiger partial charge in [0, 0.05) is 41.4 Å². The van der Waals surface area contributed by atoms with E-state index in [2.05, 4.69) is 51.3 Å². The average Bonchev–Trinajstić information content (AvgIpc) is 3.27. The lowest BCUT2D eigenvalue weighted by Crippen LogP contribution is -2.26. The standard InChI is InChI=1S/C22H32N4O2.2H2/c1-23-11-12-24-17-18-3-7-20(8-4-18)27-15-2-16-28-21-9-5-19(6-10-21)22-25-13-14-26-22;;/h3-5,7-10,19,23-24H,2,6,11-17H2,1H3,(H,25,26);2*1H. The van der Waals surface area contributed by atoms with Gasteiger partial charge in [-0.3, -0.25) is 4.99 Å². The van der Waals surface area contributed by atoms with E-state index in [1.54, 1.807) is 0 Å². The SMILES string of the molecule is CNCCNCc1ccc(OCCCOC2=CCC(C3=NCCN3)C=C2)cc1.[HH].[HH]. The van der Waals surface area contributed by atoms with Gasteiger partial charge in [0.15, 0.2) is 0 Å². The topological polar surface area (TPSA) is 66.9 Å². The molecule has 0 bridgehead atoms. The fourth-order valence-corrected chi connectivity index (χ4v) is 3.16. The summed E-state index contributed by atoms with van der Waals surface area (Å²) in [5, 5.41) is 9.86. The summed E-state index contributed by atoms with van der Waals surface area (Å²) in [6.45, 7) is 5.98. The maximum absolute atomic E-state index is 5.84. The molecule has 3 N–H and O–H groups in total. The van der Waals surface area contributed by atoms with E-state index in [-0.39, 0.29) is 2.85 Å². The van der Waals surface area contributed by atoms with Crippen LogP contribution in [0.2, 0.25) is 0 Å². The Morgan fingerprint density at radius 3 is 2.75 bits per heavy atom. The first kappa shape index (κ1) is 20.4. The number of amidine groups is 1. The van der Waals surface area contributed by atoms with Crippen molar-refractivity contribution in [1.29, 1.82) is 0 Å². The van der Waals surface area contributed by atoms with Crippen molar-refractivity contribution in [1.82, 2.24) is 16.0 Å². The van der Waals surface area contributed by atoms with Crippen molar-refractivity contribution < 1.29 is 12.3 Å². The first-order valence-electron chi connectivity index (χ1n) is 10.2. The van der Waals surface area contributed by atoms with Crippen LogP contribution in [-0.4, -0.2) is 52.3 Å². The molecular formula is C22H36N4O2. The van der Waals surface area contributed by atoms with E-state index in [0.29, 0.717) is 19.1 Å². The van der Waals surface area contributed by atoms with Crippen LogP contribution in [0.25, 0.3) is 0 Å². The van der Waals surface area contributed by atoms with E-state index >= 15 is 0 Å². The third kappa shape index (κ3) is 6.69. The number of hydrogen-bond acceptors (Lipinski definition) is 6. The van der Waals surface area contributed by atoms with Crippen LogP contribution in [0.3, 0.4) is 0 Å². The molecular weight excluding hydrogens is 352 g/mol. The summed E-state index contributed by atoms with van der Waals surface area (Å²) in [6.07, 6.45) is 8.19. The Kier molecular flexibility index (Phi) is 8.40. The van der Waals surface area contributed by atoms with E-state index in [0.717, 1.165) is 62.9 Å². The van der Waals surface area contributed by atoms with Crippen LogP contribution in [0.1, 0.15) is 21.3 Å². The van der Waals surface area contributed by atoms with Crippen LogP contribution in [0.4, 0.5) is 0 Å². The fourth-order valence-electron chi connectivity index (χ4n) is 3.16. The van der Waals surface area contributed by atoms with Crippen LogP contribution in [0, 0.1) is 5.92 Å². The van der Waals surface area contributed by atoms with Crippen LogP contribution in [0.15, 0.2) is 53.2 Å². The zero-order valence-corrected chi connectivity index (χ0v) is 16.7. The van der Waals surface area contributed by atoms with Gasteiger partial charge in [0.25, 0.3) is 0 Å². The number of hydrogen-bond donors (Lipinski definition) is 3. The highest BCUT2D eigenvalue weighted by Crippen LogP contribution is 2.19. The molecule has 1 aromatic rings. The van der Waals surface area contributed by atoms with E-state index in [9.17, 15) is 0 Å². The summed E-state index contributed by atoms with van der Waals surface area (Å²) in [5.41, 5.74) is 1.26. The smallest absolute Gasteiger partial charge is 0.119 e. The maximum atomic E-state index is 5.84. The van der Waals surface area contributed by atoms with Gasteiger partial charge in [0.05, 0.1) is 19.8 Å². The quantitative estimate of drug-likeness (QED) is 0.481. The number of benzene rings is 1. The van der Waals surface area contributed by atoms with E-state index < -0.39 is 0 Å². The van der Waals surface area contributed by atoms with Crippen LogP contribution in [0.5, 0.6) is 5.75 Å². The molecule has 1 aromatic carbocycles. The second kappa shape index (κ2) is 11.5. The molecule has 6 nitrogen and oxygen atoms in total. The van der Waals surface area contributed by atoms with Crippen molar-refractivity contribution in [2.24, 2.45) is 10.9 Å². The second-order valence-electron chi connectivity index (χ2n) is 6.98. The monoisotopic (exact) mass is 388 g/mol. The summed E-state index contributed by atoms with van der Waals surface area (Å²) < 4.78 is 11.6. The van der Waals surface area contributed by atoms with Gasteiger partial charge in [0.2, 0.25) is 0 Å². The molecule has 6 heteroatoms. The Morgan fingerprint density at radius 1 is 1.18 bits per heavy atom. The van der Waals surface area contributed by atoms with Crippen LogP contribution >= 0.6 is 0 Å². The van der Waals surface area contributed by atoms with Crippen molar-refractivity contribution in [3.05, 3.63) is 53.8 Å². The van der Waals surface area contributed by atoms with Gasteiger partial charge in [-0.25, -0.2) is 0 Å². The maximum Gasteiger partial charge on any atom is 0.119 e. The Balaban J connectivity index is 0.00000225. The molecule has 0 amide bonds. The molecule has 1 atom stereocenters. The van der Waals surface area contributed by atoms with Crippen molar-refractivity contribution in [3.8, 4) is 5.75 Å². The Morgan fingerprint density at radius 2 is 2.04 bits per heavy atom. The number of nitrogens with one attached hydrogen (secondary N) is 3. The predicted octanol–water partition coefficient (Wildman–Crippen LogP) is 2.73. The van der Waals surface area contributed by atoms with Crippen LogP contribution < -0.4 is 20.7 Å². The lowest BCUT2D eigenvalue weighted by atomic mass is 9.99. The molecule has 1 aliphatic heterocycles. The molecule has 3 rings (SSSR count).